The topological polar surface area (TPSA) is 29.1 Å². The van der Waals surface area contributed by atoms with Gasteiger partial charge >= 0.3 is 0 Å². The molecule has 4 heteroatoms. The summed E-state index contributed by atoms with van der Waals surface area (Å²) in [6.07, 6.45) is 0.761. The summed E-state index contributed by atoms with van der Waals surface area (Å²) in [5.74, 6) is 0. The summed E-state index contributed by atoms with van der Waals surface area (Å²) in [6.45, 7) is 0.236. The minimum absolute atomic E-state index is 0.236. The van der Waals surface area contributed by atoms with E-state index in [2.05, 4.69) is 5.32 Å². The first-order valence-electron chi connectivity index (χ1n) is 3.37. The number of hydrogen-bond donors (Lipinski definition) is 1. The SMILES string of the molecule is O=CCNc1cccc(Cl)c1Cl. The lowest BCUT2D eigenvalue weighted by atomic mass is 10.3. The van der Waals surface area contributed by atoms with Gasteiger partial charge in [-0.15, -0.1) is 0 Å². The molecule has 0 aliphatic carbocycles. The minimum Gasteiger partial charge on any atom is -0.377 e. The van der Waals surface area contributed by atoms with Crippen molar-refractivity contribution in [3.63, 3.8) is 0 Å². The van der Waals surface area contributed by atoms with E-state index >= 15 is 0 Å². The largest absolute Gasteiger partial charge is 0.377 e. The fraction of sp³-hybridized carbons (Fsp3) is 0.125. The highest BCUT2D eigenvalue weighted by atomic mass is 35.5. The molecule has 0 saturated heterocycles. The zero-order valence-corrected chi connectivity index (χ0v) is 7.69. The molecule has 1 aromatic rings. The Morgan fingerprint density at radius 2 is 2.17 bits per heavy atom. The number of halogens is 2. The molecule has 0 aliphatic rings. The Balaban J connectivity index is 2.84. The number of carbonyl (C=O) groups is 1. The van der Waals surface area contributed by atoms with Gasteiger partial charge in [0.1, 0.15) is 6.29 Å². The van der Waals surface area contributed by atoms with E-state index in [0.29, 0.717) is 15.7 Å². The summed E-state index contributed by atoms with van der Waals surface area (Å²) in [5, 5.41) is 3.74. The normalized spacial score (nSPS) is 9.50. The molecule has 0 atom stereocenters. The highest BCUT2D eigenvalue weighted by Gasteiger charge is 2.01. The quantitative estimate of drug-likeness (QED) is 0.766. The predicted molar refractivity (Wildman–Crippen MR) is 51.0 cm³/mol. The van der Waals surface area contributed by atoms with E-state index in [-0.39, 0.29) is 6.54 Å². The fourth-order valence-electron chi connectivity index (χ4n) is 0.792. The smallest absolute Gasteiger partial charge is 0.139 e. The lowest BCUT2D eigenvalue weighted by Gasteiger charge is -2.05. The van der Waals surface area contributed by atoms with Crippen molar-refractivity contribution in [2.75, 3.05) is 11.9 Å². The molecule has 0 bridgehead atoms. The number of hydrogen-bond acceptors (Lipinski definition) is 2. The van der Waals surface area contributed by atoms with Crippen LogP contribution in [-0.2, 0) is 4.79 Å². The number of aldehydes is 1. The number of carbonyl (C=O) groups excluding carboxylic acids is 1. The van der Waals surface area contributed by atoms with Crippen molar-refractivity contribution in [1.82, 2.24) is 0 Å². The van der Waals surface area contributed by atoms with Crippen LogP contribution in [0.3, 0.4) is 0 Å². The number of benzene rings is 1. The molecule has 0 heterocycles. The second-order valence-corrected chi connectivity index (χ2v) is 2.93. The summed E-state index contributed by atoms with van der Waals surface area (Å²) in [5.41, 5.74) is 0.677. The second kappa shape index (κ2) is 4.33. The highest BCUT2D eigenvalue weighted by molar-refractivity contribution is 6.43. The summed E-state index contributed by atoms with van der Waals surface area (Å²) >= 11 is 11.6. The van der Waals surface area contributed by atoms with Crippen LogP contribution in [0.4, 0.5) is 5.69 Å². The van der Waals surface area contributed by atoms with Gasteiger partial charge in [-0.05, 0) is 12.1 Å². The maximum Gasteiger partial charge on any atom is 0.139 e. The van der Waals surface area contributed by atoms with Crippen molar-refractivity contribution in [3.8, 4) is 0 Å². The average Bonchev–Trinajstić information content (AvgIpc) is 2.08. The minimum atomic E-state index is 0.236. The Morgan fingerprint density at radius 1 is 1.42 bits per heavy atom. The van der Waals surface area contributed by atoms with Gasteiger partial charge in [-0.25, -0.2) is 0 Å². The number of anilines is 1. The third-order valence-electron chi connectivity index (χ3n) is 1.33. The van der Waals surface area contributed by atoms with Gasteiger partial charge in [-0.1, -0.05) is 29.3 Å². The molecule has 1 rings (SSSR count). The zero-order valence-electron chi connectivity index (χ0n) is 6.18. The van der Waals surface area contributed by atoms with Gasteiger partial charge in [-0.2, -0.15) is 0 Å². The standard InChI is InChI=1S/C8H7Cl2NO/c9-6-2-1-3-7(8(6)10)11-4-5-12/h1-3,5,11H,4H2. The second-order valence-electron chi connectivity index (χ2n) is 2.15. The molecule has 12 heavy (non-hydrogen) atoms. The molecule has 0 saturated carbocycles. The first-order valence-corrected chi connectivity index (χ1v) is 4.13. The Kier molecular flexibility index (Phi) is 3.38. The van der Waals surface area contributed by atoms with Gasteiger partial charge in [0.05, 0.1) is 22.3 Å². The van der Waals surface area contributed by atoms with E-state index in [4.69, 9.17) is 23.2 Å². The van der Waals surface area contributed by atoms with Gasteiger partial charge < -0.3 is 10.1 Å². The molecule has 1 aromatic carbocycles. The monoisotopic (exact) mass is 203 g/mol. The van der Waals surface area contributed by atoms with E-state index < -0.39 is 0 Å². The molecule has 64 valence electrons. The third-order valence-corrected chi connectivity index (χ3v) is 2.15. The van der Waals surface area contributed by atoms with Crippen molar-refractivity contribution >= 4 is 35.2 Å². The van der Waals surface area contributed by atoms with Gasteiger partial charge in [-0.3, -0.25) is 0 Å². The highest BCUT2D eigenvalue weighted by Crippen LogP contribution is 2.28. The van der Waals surface area contributed by atoms with E-state index in [1.54, 1.807) is 18.2 Å². The fourth-order valence-corrected chi connectivity index (χ4v) is 1.16. The molecule has 0 fully saturated rings. The molecule has 0 radical (unpaired) electrons. The molecule has 0 aliphatic heterocycles. The van der Waals surface area contributed by atoms with Crippen LogP contribution in [0.2, 0.25) is 10.0 Å². The maximum atomic E-state index is 10.0. The van der Waals surface area contributed by atoms with Crippen molar-refractivity contribution in [1.29, 1.82) is 0 Å². The number of rotatable bonds is 3. The summed E-state index contributed by atoms with van der Waals surface area (Å²) in [6, 6.07) is 5.22. The molecule has 0 aromatic heterocycles. The van der Waals surface area contributed by atoms with Crippen LogP contribution in [0.5, 0.6) is 0 Å². The Morgan fingerprint density at radius 3 is 2.83 bits per heavy atom. The Labute approximate surface area is 80.5 Å². The molecular weight excluding hydrogens is 197 g/mol. The van der Waals surface area contributed by atoms with Crippen LogP contribution in [0.1, 0.15) is 0 Å². The Bertz CT molecular complexity index is 288. The summed E-state index contributed by atoms with van der Waals surface area (Å²) < 4.78 is 0. The predicted octanol–water partition coefficient (Wildman–Crippen LogP) is 2.60. The molecular formula is C8H7Cl2NO. The van der Waals surface area contributed by atoms with Crippen LogP contribution in [0.15, 0.2) is 18.2 Å². The van der Waals surface area contributed by atoms with Crippen molar-refractivity contribution in [2.24, 2.45) is 0 Å². The van der Waals surface area contributed by atoms with Gasteiger partial charge in [0.15, 0.2) is 0 Å². The summed E-state index contributed by atoms with van der Waals surface area (Å²) in [4.78, 5) is 10.0. The van der Waals surface area contributed by atoms with Crippen LogP contribution in [-0.4, -0.2) is 12.8 Å². The van der Waals surface area contributed by atoms with Gasteiger partial charge in [0.25, 0.3) is 0 Å². The Hall–Kier alpha value is -0.730. The maximum absolute atomic E-state index is 10.0. The molecule has 2 nitrogen and oxygen atoms in total. The van der Waals surface area contributed by atoms with E-state index in [9.17, 15) is 4.79 Å². The van der Waals surface area contributed by atoms with Crippen LogP contribution < -0.4 is 5.32 Å². The van der Waals surface area contributed by atoms with Crippen LogP contribution in [0.25, 0.3) is 0 Å². The zero-order chi connectivity index (χ0) is 8.97. The van der Waals surface area contributed by atoms with Crippen molar-refractivity contribution < 1.29 is 4.79 Å². The first-order chi connectivity index (χ1) is 5.75. The molecule has 0 amide bonds. The molecule has 0 unspecified atom stereocenters. The van der Waals surface area contributed by atoms with Crippen LogP contribution in [0, 0.1) is 0 Å². The average molecular weight is 204 g/mol. The first kappa shape index (κ1) is 9.36. The van der Waals surface area contributed by atoms with E-state index in [1.807, 2.05) is 0 Å². The lowest BCUT2D eigenvalue weighted by molar-refractivity contribution is -0.106. The molecule has 1 N–H and O–H groups in total. The van der Waals surface area contributed by atoms with Gasteiger partial charge in [0, 0.05) is 0 Å². The van der Waals surface area contributed by atoms with E-state index in [1.165, 1.54) is 0 Å². The van der Waals surface area contributed by atoms with Gasteiger partial charge in [0.2, 0.25) is 0 Å². The lowest BCUT2D eigenvalue weighted by Crippen LogP contribution is -2.02. The van der Waals surface area contributed by atoms with Crippen LogP contribution >= 0.6 is 23.2 Å². The van der Waals surface area contributed by atoms with Crippen molar-refractivity contribution in [3.05, 3.63) is 28.2 Å². The van der Waals surface area contributed by atoms with E-state index in [0.717, 1.165) is 6.29 Å². The third kappa shape index (κ3) is 2.13. The molecule has 0 spiro atoms. The summed E-state index contributed by atoms with van der Waals surface area (Å²) in [7, 11) is 0. The number of nitrogens with one attached hydrogen (secondary N) is 1. The van der Waals surface area contributed by atoms with Crippen molar-refractivity contribution in [2.45, 2.75) is 0 Å².